The lowest BCUT2D eigenvalue weighted by Gasteiger charge is -2.01. The van der Waals surface area contributed by atoms with Crippen LogP contribution in [-0.2, 0) is 7.05 Å². The van der Waals surface area contributed by atoms with Gasteiger partial charge in [-0.2, -0.15) is 0 Å². The minimum absolute atomic E-state index is 0.981. The van der Waals surface area contributed by atoms with Gasteiger partial charge in [-0.15, -0.1) is 0 Å². The van der Waals surface area contributed by atoms with Crippen LogP contribution in [0.15, 0.2) is 164 Å². The fourth-order valence-electron chi connectivity index (χ4n) is 8.47. The van der Waals surface area contributed by atoms with Crippen LogP contribution in [0.25, 0.3) is 65.7 Å². The summed E-state index contributed by atoms with van der Waals surface area (Å²) in [5.41, 5.74) is 20.4. The van der Waals surface area contributed by atoms with Crippen molar-refractivity contribution in [1.29, 1.82) is 0 Å². The first-order valence-electron chi connectivity index (χ1n) is 23.9. The standard InChI is InChI=1S/3C11H11N.2C10H10N2.C9H10N2/c1-8-3-4-10-9(2)5-6-12-11(10)7-8;1-8-7-10-5-3-4-6-11(10)9(2)12-8;1-8-7-9(2)12-11-6-4-3-5-10(8)11;1-7-5-8(2)10-9(6-7)11-3-4-12-10;1-7-3-4-8(2)10-9(7)11-5-6-12-10;1-7-10-8-5-3-4-6-9(8)11(7)2/h3*3-7H,1-2H3;2*3-6H,1-2H3;3-6H,1-2H3. The van der Waals surface area contributed by atoms with Crippen molar-refractivity contribution in [3.63, 3.8) is 0 Å². The molecule has 9 heteroatoms. The van der Waals surface area contributed by atoms with Crippen LogP contribution in [0.1, 0.15) is 61.9 Å². The summed E-state index contributed by atoms with van der Waals surface area (Å²) < 4.78 is 2.09. The van der Waals surface area contributed by atoms with Crippen LogP contribution in [0.3, 0.4) is 0 Å². The zero-order valence-corrected chi connectivity index (χ0v) is 43.1. The van der Waals surface area contributed by atoms with Crippen LogP contribution in [-0.4, -0.2) is 44.4 Å². The van der Waals surface area contributed by atoms with E-state index in [4.69, 9.17) is 0 Å². The number of benzene rings is 6. The van der Waals surface area contributed by atoms with Crippen molar-refractivity contribution < 1.29 is 0 Å². The lowest BCUT2D eigenvalue weighted by molar-refractivity contribution is 0.886. The lowest BCUT2D eigenvalue weighted by atomic mass is 10.1. The monoisotopic (exact) mass is 934 g/mol. The molecule has 0 fully saturated rings. The SMILES string of the molecule is Cc1cc(C)c2ccccc2n1.Cc1cc(C)c2nccnc2c1.Cc1cc2ccccc2c(C)n1.Cc1ccc(C)c2nccnc12.Cc1ccc2c(C)ccnc2c1.Cc1nc2ccccc2n1C. The highest BCUT2D eigenvalue weighted by Gasteiger charge is 2.03. The number of aromatic nitrogens is 9. The minimum atomic E-state index is 0.981. The molecule has 0 radical (unpaired) electrons. The van der Waals surface area contributed by atoms with Gasteiger partial charge in [0.05, 0.1) is 44.1 Å². The van der Waals surface area contributed by atoms with Crippen LogP contribution < -0.4 is 0 Å². The molecule has 6 aromatic carbocycles. The van der Waals surface area contributed by atoms with Gasteiger partial charge in [0.2, 0.25) is 0 Å². The van der Waals surface area contributed by atoms with Crippen molar-refractivity contribution in [2.45, 2.75) is 76.2 Å². The summed E-state index contributed by atoms with van der Waals surface area (Å²) in [6.07, 6.45) is 8.77. The molecule has 6 heterocycles. The van der Waals surface area contributed by atoms with Crippen molar-refractivity contribution >= 4 is 65.7 Å². The highest BCUT2D eigenvalue weighted by Crippen LogP contribution is 2.20. The van der Waals surface area contributed by atoms with Gasteiger partial charge < -0.3 is 4.57 Å². The minimum Gasteiger partial charge on any atom is -0.331 e. The molecule has 9 nitrogen and oxygen atoms in total. The molecule has 71 heavy (non-hydrogen) atoms. The predicted molar refractivity (Wildman–Crippen MR) is 297 cm³/mol. The molecule has 0 amide bonds. The number of aryl methyl sites for hydroxylation is 12. The van der Waals surface area contributed by atoms with Gasteiger partial charge in [0.25, 0.3) is 0 Å². The molecular weight excluding hydrogens is 871 g/mol. The Labute approximate surface area is 417 Å². The van der Waals surface area contributed by atoms with Gasteiger partial charge in [-0.1, -0.05) is 84.9 Å². The van der Waals surface area contributed by atoms with Crippen LogP contribution in [0.4, 0.5) is 0 Å². The van der Waals surface area contributed by atoms with Crippen LogP contribution in [0, 0.1) is 76.2 Å². The maximum atomic E-state index is 4.44. The van der Waals surface area contributed by atoms with E-state index < -0.39 is 0 Å². The molecule has 0 bridgehead atoms. The summed E-state index contributed by atoms with van der Waals surface area (Å²) in [4.78, 5) is 34.6. The molecule has 0 spiro atoms. The molecule has 0 atom stereocenters. The molecule has 12 rings (SSSR count). The van der Waals surface area contributed by atoms with Crippen molar-refractivity contribution in [2.24, 2.45) is 7.05 Å². The Kier molecular flexibility index (Phi) is 16.6. The lowest BCUT2D eigenvalue weighted by Crippen LogP contribution is -1.89. The molecule has 0 aliphatic carbocycles. The fraction of sp³-hybridized carbons (Fsp3) is 0.194. The Bertz CT molecular complexity index is 3500. The molecular formula is C62H63N9. The quantitative estimate of drug-likeness (QED) is 0.148. The Hall–Kier alpha value is -8.30. The van der Waals surface area contributed by atoms with Crippen molar-refractivity contribution in [3.05, 3.63) is 226 Å². The molecule has 356 valence electrons. The predicted octanol–water partition coefficient (Wildman–Crippen LogP) is 14.9. The molecule has 12 aromatic rings. The molecule has 0 N–H and O–H groups in total. The summed E-state index contributed by atoms with van der Waals surface area (Å²) >= 11 is 0. The first-order valence-corrected chi connectivity index (χ1v) is 23.9. The largest absolute Gasteiger partial charge is 0.331 e. The molecule has 6 aromatic heterocycles. The molecule has 0 saturated carbocycles. The second-order valence-electron chi connectivity index (χ2n) is 18.0. The van der Waals surface area contributed by atoms with Gasteiger partial charge in [0.1, 0.15) is 5.82 Å². The average Bonchev–Trinajstić information content (AvgIpc) is 3.65. The van der Waals surface area contributed by atoms with Crippen LogP contribution in [0.5, 0.6) is 0 Å². The topological polar surface area (TPSA) is 108 Å². The molecule has 0 saturated heterocycles. The summed E-state index contributed by atoms with van der Waals surface area (Å²) in [5.74, 6) is 1.06. The number of para-hydroxylation sites is 3. The van der Waals surface area contributed by atoms with Gasteiger partial charge in [0.15, 0.2) is 0 Å². The second kappa shape index (κ2) is 23.3. The van der Waals surface area contributed by atoms with E-state index in [1.165, 1.54) is 66.0 Å². The van der Waals surface area contributed by atoms with Crippen molar-refractivity contribution in [3.8, 4) is 0 Å². The van der Waals surface area contributed by atoms with E-state index in [1.54, 1.807) is 24.8 Å². The van der Waals surface area contributed by atoms with E-state index in [0.29, 0.717) is 0 Å². The third kappa shape index (κ3) is 12.9. The molecule has 0 unspecified atom stereocenters. The molecule has 0 aliphatic rings. The Morgan fingerprint density at radius 1 is 0.338 bits per heavy atom. The summed E-state index contributed by atoms with van der Waals surface area (Å²) in [5, 5.41) is 5.04. The fourth-order valence-corrected chi connectivity index (χ4v) is 8.47. The van der Waals surface area contributed by atoms with Gasteiger partial charge in [-0.05, 0) is 169 Å². The van der Waals surface area contributed by atoms with Gasteiger partial charge in [-0.25, -0.2) is 4.98 Å². The zero-order chi connectivity index (χ0) is 50.6. The van der Waals surface area contributed by atoms with E-state index in [1.807, 2.05) is 76.5 Å². The Morgan fingerprint density at radius 3 is 1.61 bits per heavy atom. The first-order chi connectivity index (χ1) is 34.2. The average molecular weight is 934 g/mol. The number of rotatable bonds is 0. The van der Waals surface area contributed by atoms with Gasteiger partial charge >= 0.3 is 0 Å². The maximum Gasteiger partial charge on any atom is 0.106 e. The smallest absolute Gasteiger partial charge is 0.106 e. The normalized spacial score (nSPS) is 10.5. The van der Waals surface area contributed by atoms with Gasteiger partial charge in [0, 0.05) is 71.3 Å². The highest BCUT2D eigenvalue weighted by molar-refractivity contribution is 5.85. The molecule has 0 aliphatic heterocycles. The number of imidazole rings is 1. The third-order valence-corrected chi connectivity index (χ3v) is 12.2. The number of pyridine rings is 3. The number of fused-ring (bicyclic) bond motifs is 6. The Balaban J connectivity index is 0.000000125. The zero-order valence-electron chi connectivity index (χ0n) is 43.1. The van der Waals surface area contributed by atoms with E-state index >= 15 is 0 Å². The summed E-state index contributed by atoms with van der Waals surface area (Å²) in [7, 11) is 2.03. The van der Waals surface area contributed by atoms with Crippen molar-refractivity contribution in [2.75, 3.05) is 0 Å². The highest BCUT2D eigenvalue weighted by atomic mass is 15.0. The number of hydrogen-bond donors (Lipinski definition) is 0. The van der Waals surface area contributed by atoms with E-state index in [2.05, 4.69) is 191 Å². The van der Waals surface area contributed by atoms with E-state index in [9.17, 15) is 0 Å². The van der Waals surface area contributed by atoms with Crippen LogP contribution >= 0.6 is 0 Å². The van der Waals surface area contributed by atoms with Crippen molar-refractivity contribution in [1.82, 2.24) is 44.4 Å². The maximum absolute atomic E-state index is 4.44. The number of hydrogen-bond acceptors (Lipinski definition) is 8. The Morgan fingerprint density at radius 2 is 0.901 bits per heavy atom. The third-order valence-electron chi connectivity index (χ3n) is 12.2. The van der Waals surface area contributed by atoms with Crippen LogP contribution in [0.2, 0.25) is 0 Å². The van der Waals surface area contributed by atoms with E-state index in [-0.39, 0.29) is 0 Å². The number of nitrogens with zero attached hydrogens (tertiary/aromatic N) is 9. The first kappa shape index (κ1) is 50.6. The summed E-state index contributed by atoms with van der Waals surface area (Å²) in [6.45, 7) is 22.7. The summed E-state index contributed by atoms with van der Waals surface area (Å²) in [6, 6.07) is 45.7. The van der Waals surface area contributed by atoms with E-state index in [0.717, 1.165) is 61.5 Å². The second-order valence-corrected chi connectivity index (χ2v) is 18.0. The van der Waals surface area contributed by atoms with Gasteiger partial charge in [-0.3, -0.25) is 34.9 Å².